The Morgan fingerprint density at radius 2 is 1.75 bits per heavy atom. The van der Waals surface area contributed by atoms with Crippen molar-refractivity contribution in [1.29, 1.82) is 0 Å². The third-order valence-electron chi connectivity index (χ3n) is 10.2. The van der Waals surface area contributed by atoms with E-state index < -0.39 is 59.2 Å². The molecule has 2 N–H and O–H groups in total. The lowest BCUT2D eigenvalue weighted by atomic mass is 9.87. The van der Waals surface area contributed by atoms with Gasteiger partial charge in [-0.15, -0.1) is 0 Å². The van der Waals surface area contributed by atoms with Crippen molar-refractivity contribution in [2.75, 3.05) is 19.6 Å². The largest absolute Gasteiger partial charge is 0.481 e. The fourth-order valence-electron chi connectivity index (χ4n) is 7.21. The predicted molar refractivity (Wildman–Crippen MR) is 182 cm³/mol. The monoisotopic (exact) mass is 721 g/mol. The van der Waals surface area contributed by atoms with Crippen LogP contribution in [-0.4, -0.2) is 52.3 Å². The third-order valence-corrected chi connectivity index (χ3v) is 10.2. The van der Waals surface area contributed by atoms with Crippen LogP contribution < -0.4 is 15.6 Å². The zero-order valence-electron chi connectivity index (χ0n) is 28.3. The number of rotatable bonds is 7. The fourth-order valence-corrected chi connectivity index (χ4v) is 7.21. The van der Waals surface area contributed by atoms with Crippen LogP contribution in [0.1, 0.15) is 71.1 Å². The molecular formula is C39H36F5N3O5. The van der Waals surface area contributed by atoms with Gasteiger partial charge in [-0.3, -0.25) is 23.9 Å². The van der Waals surface area contributed by atoms with E-state index in [9.17, 15) is 37.1 Å². The number of alkyl halides is 4. The van der Waals surface area contributed by atoms with Crippen molar-refractivity contribution in [3.63, 3.8) is 0 Å². The number of halogens is 5. The van der Waals surface area contributed by atoms with Gasteiger partial charge in [-0.1, -0.05) is 24.3 Å². The number of hydrogen-bond acceptors (Lipinski definition) is 5. The fraction of sp³-hybridized carbons (Fsp3) is 0.359. The van der Waals surface area contributed by atoms with Crippen LogP contribution in [-0.2, 0) is 22.2 Å². The van der Waals surface area contributed by atoms with Gasteiger partial charge in [0.1, 0.15) is 29.5 Å². The molecule has 0 radical (unpaired) electrons. The highest BCUT2D eigenvalue weighted by Gasteiger charge is 2.39. The Labute approximate surface area is 295 Å². The van der Waals surface area contributed by atoms with Crippen LogP contribution in [0.15, 0.2) is 71.7 Å². The van der Waals surface area contributed by atoms with Crippen molar-refractivity contribution in [2.45, 2.75) is 63.5 Å². The number of carbonyl (C=O) groups is 2. The van der Waals surface area contributed by atoms with Gasteiger partial charge in [0.25, 0.3) is 5.56 Å². The van der Waals surface area contributed by atoms with Crippen LogP contribution in [0, 0.1) is 18.7 Å². The number of fused-ring (bicyclic) bond motifs is 6. The molecule has 2 aliphatic heterocycles. The molecule has 3 aliphatic rings. The summed E-state index contributed by atoms with van der Waals surface area (Å²) < 4.78 is 80.1. The SMILES string of the molecule is Cc1cccc2c1-c1cc(C3CC3)c(F)c(c1)[C@H](C(C)C(=O)O)NC(=O)[C@H](n1cc(CCN3CC(F)C3)c(C(F)(F)F)cc1=O)c1cccc(c1)O2. The second kappa shape index (κ2) is 13.5. The van der Waals surface area contributed by atoms with Crippen molar-refractivity contribution in [3.8, 4) is 22.6 Å². The first-order valence-corrected chi connectivity index (χ1v) is 17.1. The second-order valence-electron chi connectivity index (χ2n) is 13.9. The second-order valence-corrected chi connectivity index (χ2v) is 13.9. The van der Waals surface area contributed by atoms with Crippen LogP contribution >= 0.6 is 0 Å². The first kappa shape index (κ1) is 35.4. The number of likely N-dealkylation sites (tertiary alicyclic amines) is 1. The number of carboxylic acid groups (broad SMARTS) is 1. The molecule has 1 amide bonds. The maximum atomic E-state index is 16.6. The Morgan fingerprint density at radius 1 is 1.04 bits per heavy atom. The van der Waals surface area contributed by atoms with E-state index in [4.69, 9.17) is 4.74 Å². The van der Waals surface area contributed by atoms with Crippen LogP contribution in [0.3, 0.4) is 0 Å². The Balaban J connectivity index is 1.44. The lowest BCUT2D eigenvalue weighted by Crippen LogP contribution is -2.49. The van der Waals surface area contributed by atoms with Crippen molar-refractivity contribution < 1.29 is 41.4 Å². The Bertz CT molecular complexity index is 2120. The van der Waals surface area contributed by atoms with Gasteiger partial charge in [0.2, 0.25) is 5.91 Å². The summed E-state index contributed by atoms with van der Waals surface area (Å²) in [6.45, 7) is 3.41. The van der Waals surface area contributed by atoms with Gasteiger partial charge in [0, 0.05) is 43.0 Å². The number of nitrogens with one attached hydrogen (secondary N) is 1. The summed E-state index contributed by atoms with van der Waals surface area (Å²) in [5, 5.41) is 12.9. The highest BCUT2D eigenvalue weighted by Crippen LogP contribution is 2.47. The summed E-state index contributed by atoms with van der Waals surface area (Å²) in [5.74, 6) is -3.79. The summed E-state index contributed by atoms with van der Waals surface area (Å²) in [5.41, 5.74) is -0.201. The van der Waals surface area contributed by atoms with Gasteiger partial charge in [-0.2, -0.15) is 13.2 Å². The molecule has 1 saturated carbocycles. The zero-order valence-corrected chi connectivity index (χ0v) is 28.3. The summed E-state index contributed by atoms with van der Waals surface area (Å²) in [4.78, 5) is 42.4. The van der Waals surface area contributed by atoms with Gasteiger partial charge in [-0.25, -0.2) is 8.78 Å². The summed E-state index contributed by atoms with van der Waals surface area (Å²) in [6.07, 6.45) is -3.74. The molecule has 4 bridgehead atoms. The molecule has 3 atom stereocenters. The van der Waals surface area contributed by atoms with E-state index in [2.05, 4.69) is 5.32 Å². The van der Waals surface area contributed by atoms with Gasteiger partial charge in [0.05, 0.1) is 17.5 Å². The number of ether oxygens (including phenoxy) is 1. The molecule has 1 aliphatic carbocycles. The minimum Gasteiger partial charge on any atom is -0.481 e. The molecule has 4 aromatic rings. The van der Waals surface area contributed by atoms with Crippen LogP contribution in [0.5, 0.6) is 11.5 Å². The Hall–Kier alpha value is -5.04. The molecule has 1 unspecified atom stereocenters. The van der Waals surface area contributed by atoms with Crippen molar-refractivity contribution in [3.05, 3.63) is 116 Å². The van der Waals surface area contributed by atoms with Gasteiger partial charge in [0.15, 0.2) is 0 Å². The first-order chi connectivity index (χ1) is 24.7. The average Bonchev–Trinajstić information content (AvgIpc) is 3.91. The summed E-state index contributed by atoms with van der Waals surface area (Å²) >= 11 is 0. The van der Waals surface area contributed by atoms with E-state index in [1.807, 2.05) is 13.0 Å². The number of carbonyl (C=O) groups excluding carboxylic acids is 1. The van der Waals surface area contributed by atoms with E-state index in [1.165, 1.54) is 25.1 Å². The number of carboxylic acids is 1. The number of aryl methyl sites for hydroxylation is 1. The molecule has 1 aromatic heterocycles. The minimum atomic E-state index is -4.90. The van der Waals surface area contributed by atoms with Crippen molar-refractivity contribution in [1.82, 2.24) is 14.8 Å². The first-order valence-electron chi connectivity index (χ1n) is 17.1. The Kier molecular flexibility index (Phi) is 9.18. The van der Waals surface area contributed by atoms with Crippen molar-refractivity contribution >= 4 is 11.9 Å². The van der Waals surface area contributed by atoms with Crippen molar-refractivity contribution in [2.24, 2.45) is 5.92 Å². The molecule has 1 saturated heterocycles. The number of hydrogen-bond donors (Lipinski definition) is 2. The third kappa shape index (κ3) is 6.81. The van der Waals surface area contributed by atoms with E-state index >= 15 is 4.39 Å². The number of amides is 1. The number of aromatic nitrogens is 1. The summed E-state index contributed by atoms with van der Waals surface area (Å²) in [6, 6.07) is 12.1. The molecule has 7 rings (SSSR count). The normalized spacial score (nSPS) is 19.9. The lowest BCUT2D eigenvalue weighted by molar-refractivity contribution is -0.142. The van der Waals surface area contributed by atoms with E-state index in [0.29, 0.717) is 28.5 Å². The molecule has 52 heavy (non-hydrogen) atoms. The van der Waals surface area contributed by atoms with Crippen LogP contribution in [0.4, 0.5) is 22.0 Å². The van der Waals surface area contributed by atoms with Gasteiger partial charge < -0.3 is 15.2 Å². The maximum Gasteiger partial charge on any atom is 0.416 e. The molecule has 3 heterocycles. The smallest absolute Gasteiger partial charge is 0.416 e. The predicted octanol–water partition coefficient (Wildman–Crippen LogP) is 7.33. The zero-order chi connectivity index (χ0) is 37.1. The number of aliphatic carboxylic acids is 1. The number of nitrogens with zero attached hydrogens (tertiary/aromatic N) is 2. The molecule has 8 nitrogen and oxygen atoms in total. The number of benzene rings is 3. The average molecular weight is 722 g/mol. The molecule has 272 valence electrons. The lowest BCUT2D eigenvalue weighted by Gasteiger charge is -2.34. The van der Waals surface area contributed by atoms with E-state index in [1.54, 1.807) is 35.2 Å². The van der Waals surface area contributed by atoms with Crippen LogP contribution in [0.25, 0.3) is 11.1 Å². The topological polar surface area (TPSA) is 101 Å². The maximum absolute atomic E-state index is 16.6. The minimum absolute atomic E-state index is 0.0742. The molecule has 3 aromatic carbocycles. The Morgan fingerprint density at radius 3 is 2.42 bits per heavy atom. The quantitative estimate of drug-likeness (QED) is 0.194. The highest BCUT2D eigenvalue weighted by atomic mass is 19.4. The van der Waals surface area contributed by atoms with Crippen LogP contribution in [0.2, 0.25) is 0 Å². The molecule has 2 fully saturated rings. The molecular weight excluding hydrogens is 685 g/mol. The van der Waals surface area contributed by atoms with Gasteiger partial charge >= 0.3 is 12.1 Å². The standard InChI is InChI=1S/C39H36F5N3O5/c1-20-5-3-8-31-33(20)25-14-28(22-9-10-22)34(41)29(15-25)35(21(2)38(50)51)45-37(49)36(23-6-4-7-27(13-23)52-31)47-17-24(11-12-46-18-26(40)19-46)30(16-32(47)48)39(42,43)44/h3-8,13-17,21-22,26,35-36H,9-12,18-19H2,1-2H3,(H,45,49)(H,50,51)/t21?,35-,36+/m0/s1. The molecule has 0 spiro atoms. The van der Waals surface area contributed by atoms with Gasteiger partial charge in [-0.05, 0) is 97.2 Å². The van der Waals surface area contributed by atoms with E-state index in [-0.39, 0.29) is 54.4 Å². The highest BCUT2D eigenvalue weighted by molar-refractivity contribution is 5.85. The number of pyridine rings is 1. The molecule has 13 heteroatoms. The van der Waals surface area contributed by atoms with E-state index in [0.717, 1.165) is 29.2 Å². The summed E-state index contributed by atoms with van der Waals surface area (Å²) in [7, 11) is 0.